The number of ether oxygens (including phenoxy) is 1. The maximum absolute atomic E-state index is 12.7. The van der Waals surface area contributed by atoms with Gasteiger partial charge in [-0.25, -0.2) is 0 Å². The van der Waals surface area contributed by atoms with Gasteiger partial charge in [0.25, 0.3) is 0 Å². The zero-order valence-electron chi connectivity index (χ0n) is 15.2. The molecule has 0 radical (unpaired) electrons. The minimum atomic E-state index is -4.40. The Morgan fingerprint density at radius 2 is 2.04 bits per heavy atom. The largest absolute Gasteiger partial charge is 0.457 e. The van der Waals surface area contributed by atoms with E-state index in [1.807, 2.05) is 25.7 Å². The Morgan fingerprint density at radius 3 is 2.65 bits per heavy atom. The summed E-state index contributed by atoms with van der Waals surface area (Å²) in [5, 5.41) is 0. The van der Waals surface area contributed by atoms with Crippen LogP contribution in [0.4, 0.5) is 13.2 Å². The third-order valence-electron chi connectivity index (χ3n) is 4.45. The summed E-state index contributed by atoms with van der Waals surface area (Å²) in [7, 11) is 0. The van der Waals surface area contributed by atoms with Crippen LogP contribution in [0.2, 0.25) is 0 Å². The lowest BCUT2D eigenvalue weighted by Gasteiger charge is -2.41. The highest BCUT2D eigenvalue weighted by Crippen LogP contribution is 2.30. The molecule has 1 aliphatic heterocycles. The molecule has 144 valence electrons. The monoisotopic (exact) mass is 371 g/mol. The molecule has 2 rings (SSSR count). The van der Waals surface area contributed by atoms with E-state index in [-0.39, 0.29) is 25.0 Å². The Morgan fingerprint density at radius 1 is 1.35 bits per heavy atom. The molecule has 1 unspecified atom stereocenters. The van der Waals surface area contributed by atoms with E-state index in [1.165, 1.54) is 6.07 Å². The van der Waals surface area contributed by atoms with Gasteiger partial charge in [-0.15, -0.1) is 0 Å². The van der Waals surface area contributed by atoms with Crippen LogP contribution in [0.3, 0.4) is 0 Å². The number of cyclic esters (lactones) is 1. The first-order chi connectivity index (χ1) is 12.0. The standard InChI is InChI=1S/C19H24F3NO3/c1-4-23-12-18(2,3)26-17(25)16(23)11-15(24)9-8-13-6-5-7-14(10-13)19(20,21)22/h5-7,10,16H,4,8-9,11-12H2,1-3H3. The minimum Gasteiger partial charge on any atom is -0.457 e. The number of carbonyl (C=O) groups excluding carboxylic acids is 2. The summed E-state index contributed by atoms with van der Waals surface area (Å²) in [5.74, 6) is -0.585. The molecule has 7 heteroatoms. The zero-order chi connectivity index (χ0) is 19.5. The molecule has 0 N–H and O–H groups in total. The fourth-order valence-corrected chi connectivity index (χ4v) is 3.17. The van der Waals surface area contributed by atoms with Gasteiger partial charge in [0.05, 0.1) is 5.56 Å². The molecule has 1 aromatic carbocycles. The number of aryl methyl sites for hydroxylation is 1. The number of carbonyl (C=O) groups is 2. The molecule has 1 fully saturated rings. The number of rotatable bonds is 6. The molecule has 1 heterocycles. The van der Waals surface area contributed by atoms with E-state index < -0.39 is 29.4 Å². The van der Waals surface area contributed by atoms with Gasteiger partial charge in [0.2, 0.25) is 0 Å². The average molecular weight is 371 g/mol. The van der Waals surface area contributed by atoms with Gasteiger partial charge < -0.3 is 4.74 Å². The molecule has 4 nitrogen and oxygen atoms in total. The highest BCUT2D eigenvalue weighted by atomic mass is 19.4. The summed E-state index contributed by atoms with van der Waals surface area (Å²) in [6, 6.07) is 4.34. The first-order valence-corrected chi connectivity index (χ1v) is 8.66. The number of ketones is 1. The molecule has 26 heavy (non-hydrogen) atoms. The van der Waals surface area contributed by atoms with Gasteiger partial charge in [-0.3, -0.25) is 14.5 Å². The summed E-state index contributed by atoms with van der Waals surface area (Å²) in [6.45, 7) is 6.71. The first-order valence-electron chi connectivity index (χ1n) is 8.66. The molecule has 0 aromatic heterocycles. The lowest BCUT2D eigenvalue weighted by atomic mass is 9.97. The third-order valence-corrected chi connectivity index (χ3v) is 4.45. The number of likely N-dealkylation sites (N-methyl/N-ethyl adjacent to an activating group) is 1. The van der Waals surface area contributed by atoms with E-state index in [4.69, 9.17) is 4.74 Å². The van der Waals surface area contributed by atoms with Crippen LogP contribution in [-0.2, 0) is 26.9 Å². The number of hydrogen-bond donors (Lipinski definition) is 0. The average Bonchev–Trinajstić information content (AvgIpc) is 2.54. The highest BCUT2D eigenvalue weighted by Gasteiger charge is 2.40. The molecule has 0 aliphatic carbocycles. The number of halogens is 3. The topological polar surface area (TPSA) is 46.6 Å². The van der Waals surface area contributed by atoms with Crippen LogP contribution in [0.1, 0.15) is 44.7 Å². The van der Waals surface area contributed by atoms with Gasteiger partial charge in [0, 0.05) is 19.4 Å². The summed E-state index contributed by atoms with van der Waals surface area (Å²) >= 11 is 0. The number of benzene rings is 1. The van der Waals surface area contributed by atoms with Crippen molar-refractivity contribution in [3.63, 3.8) is 0 Å². The fourth-order valence-electron chi connectivity index (χ4n) is 3.17. The van der Waals surface area contributed by atoms with Crippen LogP contribution in [0.15, 0.2) is 24.3 Å². The van der Waals surface area contributed by atoms with Crippen molar-refractivity contribution in [2.45, 2.75) is 57.9 Å². The van der Waals surface area contributed by atoms with Crippen molar-refractivity contribution < 1.29 is 27.5 Å². The van der Waals surface area contributed by atoms with Crippen molar-refractivity contribution in [1.82, 2.24) is 4.90 Å². The minimum absolute atomic E-state index is 0.0156. The van der Waals surface area contributed by atoms with E-state index in [0.29, 0.717) is 18.7 Å². The van der Waals surface area contributed by atoms with E-state index in [0.717, 1.165) is 12.1 Å². The number of esters is 1. The highest BCUT2D eigenvalue weighted by molar-refractivity contribution is 5.87. The Kier molecular flexibility index (Phi) is 6.11. The summed E-state index contributed by atoms with van der Waals surface area (Å²) in [4.78, 5) is 26.4. The molecule has 1 aromatic rings. The molecule has 1 atom stereocenters. The van der Waals surface area contributed by atoms with Gasteiger partial charge in [0.1, 0.15) is 17.4 Å². The molecule has 0 saturated carbocycles. The number of alkyl halides is 3. The van der Waals surface area contributed by atoms with Crippen LogP contribution in [0, 0.1) is 0 Å². The maximum Gasteiger partial charge on any atom is 0.416 e. The molecule has 0 amide bonds. The second-order valence-corrected chi connectivity index (χ2v) is 7.20. The number of nitrogens with zero attached hydrogens (tertiary/aromatic N) is 1. The van der Waals surface area contributed by atoms with Crippen LogP contribution in [-0.4, -0.2) is 41.4 Å². The van der Waals surface area contributed by atoms with Crippen LogP contribution in [0.25, 0.3) is 0 Å². The molecular weight excluding hydrogens is 347 g/mol. The molecule has 0 bridgehead atoms. The number of morpholine rings is 1. The van der Waals surface area contributed by atoms with Gasteiger partial charge in [-0.05, 0) is 38.4 Å². The van der Waals surface area contributed by atoms with Gasteiger partial charge in [-0.1, -0.05) is 25.1 Å². The second kappa shape index (κ2) is 7.78. The maximum atomic E-state index is 12.7. The number of hydrogen-bond acceptors (Lipinski definition) is 4. The summed E-state index contributed by atoms with van der Waals surface area (Å²) < 4.78 is 43.6. The molecule has 1 saturated heterocycles. The smallest absolute Gasteiger partial charge is 0.416 e. The summed E-state index contributed by atoms with van der Waals surface area (Å²) in [5.41, 5.74) is -0.865. The van der Waals surface area contributed by atoms with E-state index in [1.54, 1.807) is 6.07 Å². The lowest BCUT2D eigenvalue weighted by molar-refractivity contribution is -0.178. The number of Topliss-reactive ketones (excluding diaryl/α,β-unsaturated/α-hetero) is 1. The van der Waals surface area contributed by atoms with Crippen molar-refractivity contribution in [2.75, 3.05) is 13.1 Å². The Balaban J connectivity index is 1.95. The summed E-state index contributed by atoms with van der Waals surface area (Å²) in [6.07, 6.45) is -4.09. The predicted molar refractivity (Wildman–Crippen MR) is 90.6 cm³/mol. The molecule has 0 spiro atoms. The van der Waals surface area contributed by atoms with E-state index in [9.17, 15) is 22.8 Å². The third kappa shape index (κ3) is 5.30. The predicted octanol–water partition coefficient (Wildman–Crippen LogP) is 3.62. The van der Waals surface area contributed by atoms with Crippen molar-refractivity contribution in [2.24, 2.45) is 0 Å². The molecular formula is C19H24F3NO3. The quantitative estimate of drug-likeness (QED) is 0.717. The van der Waals surface area contributed by atoms with E-state index >= 15 is 0 Å². The lowest BCUT2D eigenvalue weighted by Crippen LogP contribution is -2.57. The van der Waals surface area contributed by atoms with Crippen molar-refractivity contribution in [3.8, 4) is 0 Å². The van der Waals surface area contributed by atoms with Gasteiger partial charge in [-0.2, -0.15) is 13.2 Å². The Labute approximate surface area is 151 Å². The SMILES string of the molecule is CCN1CC(C)(C)OC(=O)C1CC(=O)CCc1cccc(C(F)(F)F)c1. The van der Waals surface area contributed by atoms with Crippen LogP contribution >= 0.6 is 0 Å². The first kappa shape index (κ1) is 20.4. The van der Waals surface area contributed by atoms with Crippen molar-refractivity contribution in [1.29, 1.82) is 0 Å². The van der Waals surface area contributed by atoms with Gasteiger partial charge >= 0.3 is 12.1 Å². The second-order valence-electron chi connectivity index (χ2n) is 7.20. The molecule has 1 aliphatic rings. The van der Waals surface area contributed by atoms with Crippen molar-refractivity contribution in [3.05, 3.63) is 35.4 Å². The zero-order valence-corrected chi connectivity index (χ0v) is 15.2. The Bertz CT molecular complexity index is 670. The van der Waals surface area contributed by atoms with Crippen LogP contribution in [0.5, 0.6) is 0 Å². The fraction of sp³-hybridized carbons (Fsp3) is 0.579. The normalized spacial score (nSPS) is 20.7. The van der Waals surface area contributed by atoms with Gasteiger partial charge in [0.15, 0.2) is 0 Å². The van der Waals surface area contributed by atoms with Crippen molar-refractivity contribution >= 4 is 11.8 Å². The Hall–Kier alpha value is -1.89. The van der Waals surface area contributed by atoms with Crippen LogP contribution < -0.4 is 0 Å². The van der Waals surface area contributed by atoms with E-state index in [2.05, 4.69) is 0 Å².